The molecule has 1 aliphatic heterocycles. The standard InChI is InChI=1S/C15H20N2O.ClH/c18-14(17-13-7-4-10-16-11-13)15(8-9-15)12-5-2-1-3-6-12;/h1-3,5-6,13,16H,4,7-11H2,(H,17,18);1H/t13-;/m1./s1. The number of rotatable bonds is 3. The molecule has 19 heavy (non-hydrogen) atoms. The highest BCUT2D eigenvalue weighted by atomic mass is 35.5. The van der Waals surface area contributed by atoms with Crippen LogP contribution in [0.2, 0.25) is 0 Å². The van der Waals surface area contributed by atoms with Crippen molar-refractivity contribution in [2.45, 2.75) is 37.1 Å². The number of nitrogens with one attached hydrogen (secondary N) is 2. The molecule has 104 valence electrons. The van der Waals surface area contributed by atoms with Gasteiger partial charge >= 0.3 is 0 Å². The van der Waals surface area contributed by atoms with Gasteiger partial charge < -0.3 is 10.6 Å². The first-order chi connectivity index (χ1) is 8.81. The van der Waals surface area contributed by atoms with Gasteiger partial charge in [-0.15, -0.1) is 12.4 Å². The normalized spacial score (nSPS) is 24.1. The minimum Gasteiger partial charge on any atom is -0.351 e. The Labute approximate surface area is 120 Å². The van der Waals surface area contributed by atoms with Gasteiger partial charge in [-0.1, -0.05) is 30.3 Å². The third-order valence-corrected chi connectivity index (χ3v) is 4.14. The minimum absolute atomic E-state index is 0. The van der Waals surface area contributed by atoms with Gasteiger partial charge in [-0.2, -0.15) is 0 Å². The SMILES string of the molecule is Cl.O=C(N[C@@H]1CCCNC1)C1(c2ccccc2)CC1. The van der Waals surface area contributed by atoms with E-state index in [4.69, 9.17) is 0 Å². The number of carbonyl (C=O) groups is 1. The van der Waals surface area contributed by atoms with Crippen molar-refractivity contribution in [1.29, 1.82) is 0 Å². The van der Waals surface area contributed by atoms with E-state index in [0.717, 1.165) is 38.8 Å². The Morgan fingerprint density at radius 1 is 1.26 bits per heavy atom. The second-order valence-electron chi connectivity index (χ2n) is 5.46. The Morgan fingerprint density at radius 3 is 2.58 bits per heavy atom. The quantitative estimate of drug-likeness (QED) is 0.889. The van der Waals surface area contributed by atoms with Crippen LogP contribution in [0.25, 0.3) is 0 Å². The molecule has 4 heteroatoms. The molecule has 1 aromatic carbocycles. The van der Waals surface area contributed by atoms with Gasteiger partial charge in [-0.3, -0.25) is 4.79 Å². The molecule has 1 saturated heterocycles. The Hall–Kier alpha value is -1.06. The molecule has 3 nitrogen and oxygen atoms in total. The lowest BCUT2D eigenvalue weighted by Gasteiger charge is -2.26. The molecule has 3 rings (SSSR count). The summed E-state index contributed by atoms with van der Waals surface area (Å²) in [6.07, 6.45) is 4.24. The summed E-state index contributed by atoms with van der Waals surface area (Å²) in [4.78, 5) is 12.5. The van der Waals surface area contributed by atoms with E-state index in [0.29, 0.717) is 6.04 Å². The van der Waals surface area contributed by atoms with Crippen molar-refractivity contribution in [3.8, 4) is 0 Å². The highest BCUT2D eigenvalue weighted by molar-refractivity contribution is 5.91. The van der Waals surface area contributed by atoms with E-state index in [1.165, 1.54) is 5.56 Å². The van der Waals surface area contributed by atoms with Crippen LogP contribution < -0.4 is 10.6 Å². The lowest BCUT2D eigenvalue weighted by Crippen LogP contribution is -2.48. The summed E-state index contributed by atoms with van der Waals surface area (Å²) < 4.78 is 0. The predicted molar refractivity (Wildman–Crippen MR) is 78.6 cm³/mol. The summed E-state index contributed by atoms with van der Waals surface area (Å²) in [5, 5.41) is 6.56. The first kappa shape index (κ1) is 14.4. The summed E-state index contributed by atoms with van der Waals surface area (Å²) in [5.41, 5.74) is 0.949. The third-order valence-electron chi connectivity index (χ3n) is 4.14. The van der Waals surface area contributed by atoms with Crippen LogP contribution in [0.3, 0.4) is 0 Å². The van der Waals surface area contributed by atoms with Crippen molar-refractivity contribution in [2.24, 2.45) is 0 Å². The van der Waals surface area contributed by atoms with Crippen molar-refractivity contribution < 1.29 is 4.79 Å². The molecule has 2 aliphatic rings. The molecule has 1 aliphatic carbocycles. The highest BCUT2D eigenvalue weighted by Crippen LogP contribution is 2.48. The second kappa shape index (κ2) is 5.93. The maximum atomic E-state index is 12.5. The van der Waals surface area contributed by atoms with Gasteiger partial charge in [-0.05, 0) is 37.8 Å². The smallest absolute Gasteiger partial charge is 0.230 e. The molecule has 0 bridgehead atoms. The summed E-state index contributed by atoms with van der Waals surface area (Å²) in [7, 11) is 0. The van der Waals surface area contributed by atoms with Gasteiger partial charge in [0, 0.05) is 12.6 Å². The lowest BCUT2D eigenvalue weighted by molar-refractivity contribution is -0.124. The van der Waals surface area contributed by atoms with Crippen LogP contribution in [-0.2, 0) is 10.2 Å². The zero-order chi connectivity index (χ0) is 12.4. The molecule has 2 N–H and O–H groups in total. The summed E-state index contributed by atoms with van der Waals surface area (Å²) in [6.45, 7) is 1.99. The fourth-order valence-corrected chi connectivity index (χ4v) is 2.83. The Bertz CT molecular complexity index is 425. The molecule has 0 unspecified atom stereocenters. The predicted octanol–water partition coefficient (Wildman–Crippen LogP) is 2.01. The van der Waals surface area contributed by atoms with Gasteiger partial charge in [0.2, 0.25) is 5.91 Å². The first-order valence-corrected chi connectivity index (χ1v) is 6.88. The summed E-state index contributed by atoms with van der Waals surface area (Å²) in [5.74, 6) is 0.224. The number of amides is 1. The van der Waals surface area contributed by atoms with E-state index >= 15 is 0 Å². The van der Waals surface area contributed by atoms with E-state index in [-0.39, 0.29) is 23.7 Å². The minimum atomic E-state index is -0.224. The number of halogens is 1. The van der Waals surface area contributed by atoms with Gasteiger partial charge in [0.25, 0.3) is 0 Å². The zero-order valence-corrected chi connectivity index (χ0v) is 11.8. The molecule has 0 spiro atoms. The average molecular weight is 281 g/mol. The van der Waals surface area contributed by atoms with E-state index in [2.05, 4.69) is 22.8 Å². The molecule has 1 amide bonds. The number of hydrogen-bond donors (Lipinski definition) is 2. The largest absolute Gasteiger partial charge is 0.351 e. The number of piperidine rings is 1. The number of benzene rings is 1. The molecule has 1 heterocycles. The zero-order valence-electron chi connectivity index (χ0n) is 11.0. The summed E-state index contributed by atoms with van der Waals surface area (Å²) in [6, 6.07) is 10.5. The maximum Gasteiger partial charge on any atom is 0.230 e. The van der Waals surface area contributed by atoms with Crippen molar-refractivity contribution >= 4 is 18.3 Å². The fourth-order valence-electron chi connectivity index (χ4n) is 2.83. The third kappa shape index (κ3) is 2.93. The van der Waals surface area contributed by atoms with Crippen LogP contribution in [0.5, 0.6) is 0 Å². The van der Waals surface area contributed by atoms with Crippen LogP contribution in [0.15, 0.2) is 30.3 Å². The molecule has 1 saturated carbocycles. The highest BCUT2D eigenvalue weighted by Gasteiger charge is 2.51. The average Bonchev–Trinajstić information content (AvgIpc) is 3.22. The monoisotopic (exact) mass is 280 g/mol. The van der Waals surface area contributed by atoms with Crippen LogP contribution >= 0.6 is 12.4 Å². The van der Waals surface area contributed by atoms with E-state index in [9.17, 15) is 4.79 Å². The lowest BCUT2D eigenvalue weighted by atomic mass is 9.94. The molecule has 0 radical (unpaired) electrons. The van der Waals surface area contributed by atoms with Crippen molar-refractivity contribution in [2.75, 3.05) is 13.1 Å². The molecule has 1 atom stereocenters. The van der Waals surface area contributed by atoms with Crippen molar-refractivity contribution in [3.63, 3.8) is 0 Å². The van der Waals surface area contributed by atoms with Crippen molar-refractivity contribution in [3.05, 3.63) is 35.9 Å². The molecular formula is C15H21ClN2O. The molecule has 0 aromatic heterocycles. The van der Waals surface area contributed by atoms with Crippen LogP contribution in [0.1, 0.15) is 31.2 Å². The molecular weight excluding hydrogens is 260 g/mol. The van der Waals surface area contributed by atoms with Crippen molar-refractivity contribution in [1.82, 2.24) is 10.6 Å². The van der Waals surface area contributed by atoms with E-state index in [1.807, 2.05) is 18.2 Å². The fraction of sp³-hybridized carbons (Fsp3) is 0.533. The topological polar surface area (TPSA) is 41.1 Å². The Balaban J connectivity index is 0.00000133. The van der Waals surface area contributed by atoms with Gasteiger partial charge in [0.1, 0.15) is 0 Å². The van der Waals surface area contributed by atoms with Gasteiger partial charge in [0.05, 0.1) is 5.41 Å². The summed E-state index contributed by atoms with van der Waals surface area (Å²) >= 11 is 0. The Kier molecular flexibility index (Phi) is 4.48. The van der Waals surface area contributed by atoms with Gasteiger partial charge in [0.15, 0.2) is 0 Å². The van der Waals surface area contributed by atoms with Crippen LogP contribution in [0.4, 0.5) is 0 Å². The molecule has 1 aromatic rings. The van der Waals surface area contributed by atoms with E-state index in [1.54, 1.807) is 0 Å². The van der Waals surface area contributed by atoms with E-state index < -0.39 is 0 Å². The number of hydrogen-bond acceptors (Lipinski definition) is 2. The second-order valence-corrected chi connectivity index (χ2v) is 5.46. The van der Waals surface area contributed by atoms with Gasteiger partial charge in [-0.25, -0.2) is 0 Å². The van der Waals surface area contributed by atoms with Crippen LogP contribution in [0, 0.1) is 0 Å². The van der Waals surface area contributed by atoms with Crippen LogP contribution in [-0.4, -0.2) is 25.0 Å². The maximum absolute atomic E-state index is 12.5. The number of carbonyl (C=O) groups excluding carboxylic acids is 1. The first-order valence-electron chi connectivity index (χ1n) is 6.88. The molecule has 2 fully saturated rings. The Morgan fingerprint density at radius 2 is 2.00 bits per heavy atom.